The van der Waals surface area contributed by atoms with Gasteiger partial charge in [0.05, 0.1) is 11.0 Å². The molecule has 0 spiro atoms. The van der Waals surface area contributed by atoms with Crippen LogP contribution >= 0.6 is 0 Å². The molecule has 0 fully saturated rings. The number of aromatic nitrogens is 2. The fourth-order valence-electron chi connectivity index (χ4n) is 1.47. The normalized spacial score (nSPS) is 9.53. The Balaban J connectivity index is 0.000000337. The van der Waals surface area contributed by atoms with Crippen molar-refractivity contribution in [2.75, 3.05) is 0 Å². The van der Waals surface area contributed by atoms with Crippen LogP contribution in [0, 0.1) is 13.8 Å². The van der Waals surface area contributed by atoms with Crippen LogP contribution in [0.2, 0.25) is 0 Å². The predicted octanol–water partition coefficient (Wildman–Crippen LogP) is 1.29. The van der Waals surface area contributed by atoms with E-state index in [0.717, 1.165) is 11.3 Å². The molecule has 15 heavy (non-hydrogen) atoms. The van der Waals surface area contributed by atoms with Crippen LogP contribution in [0.25, 0.3) is 11.0 Å². The lowest BCUT2D eigenvalue weighted by Crippen LogP contribution is -1.89. The number of fused-ring (bicyclic) bond motifs is 1. The minimum atomic E-state index is 0.250. The Bertz CT molecular complexity index is 474. The second kappa shape index (κ2) is 4.59. The first-order valence-electron chi connectivity index (χ1n) is 4.65. The molecule has 0 aliphatic heterocycles. The number of carbonyl (C=O) groups is 1. The van der Waals surface area contributed by atoms with E-state index in [1.165, 1.54) is 11.1 Å². The Morgan fingerprint density at radius 1 is 1.40 bits per heavy atom. The molecule has 2 aromatic rings. The summed E-state index contributed by atoms with van der Waals surface area (Å²) in [5.74, 6) is 1.07. The summed E-state index contributed by atoms with van der Waals surface area (Å²) < 4.78 is 2.11. The average molecular weight is 205 g/mol. The lowest BCUT2D eigenvalue weighted by molar-refractivity contribution is -0.106. The number of benzene rings is 1. The van der Waals surface area contributed by atoms with Crippen molar-refractivity contribution in [2.24, 2.45) is 12.8 Å². The fraction of sp³-hybridized carbons (Fsp3) is 0.273. The van der Waals surface area contributed by atoms with Crippen molar-refractivity contribution >= 4 is 17.4 Å². The van der Waals surface area contributed by atoms with Gasteiger partial charge in [0, 0.05) is 7.05 Å². The minimum absolute atomic E-state index is 0.250. The molecule has 0 aliphatic rings. The molecule has 1 heterocycles. The van der Waals surface area contributed by atoms with Crippen LogP contribution in [-0.4, -0.2) is 16.0 Å². The van der Waals surface area contributed by atoms with Gasteiger partial charge in [0.1, 0.15) is 5.82 Å². The van der Waals surface area contributed by atoms with Gasteiger partial charge in [-0.25, -0.2) is 4.98 Å². The van der Waals surface area contributed by atoms with Gasteiger partial charge in [0.25, 0.3) is 0 Å². The van der Waals surface area contributed by atoms with Crippen molar-refractivity contribution in [3.63, 3.8) is 0 Å². The van der Waals surface area contributed by atoms with Crippen LogP contribution in [0.3, 0.4) is 0 Å². The SMILES string of the molecule is Cc1cccc2c1nc(C)n2C.NC=O. The van der Waals surface area contributed by atoms with E-state index >= 15 is 0 Å². The summed E-state index contributed by atoms with van der Waals surface area (Å²) in [5, 5.41) is 0. The van der Waals surface area contributed by atoms with E-state index in [4.69, 9.17) is 4.79 Å². The zero-order valence-electron chi connectivity index (χ0n) is 9.19. The third-order valence-corrected chi connectivity index (χ3v) is 2.34. The Labute approximate surface area is 88.7 Å². The summed E-state index contributed by atoms with van der Waals surface area (Å²) in [4.78, 5) is 13.1. The number of hydrogen-bond acceptors (Lipinski definition) is 2. The molecule has 0 aliphatic carbocycles. The molecule has 4 heteroatoms. The number of aryl methyl sites for hydroxylation is 3. The molecule has 2 rings (SSSR count). The largest absolute Gasteiger partial charge is 0.372 e. The Hall–Kier alpha value is -1.84. The van der Waals surface area contributed by atoms with Crippen molar-refractivity contribution in [3.05, 3.63) is 29.6 Å². The lowest BCUT2D eigenvalue weighted by atomic mass is 10.2. The molecule has 4 nitrogen and oxygen atoms in total. The van der Waals surface area contributed by atoms with E-state index in [9.17, 15) is 0 Å². The molecule has 2 N–H and O–H groups in total. The topological polar surface area (TPSA) is 60.9 Å². The van der Waals surface area contributed by atoms with Gasteiger partial charge in [0.15, 0.2) is 0 Å². The predicted molar refractivity (Wildman–Crippen MR) is 60.4 cm³/mol. The maximum atomic E-state index is 8.58. The maximum absolute atomic E-state index is 8.58. The summed E-state index contributed by atoms with van der Waals surface area (Å²) in [6.45, 7) is 4.12. The van der Waals surface area contributed by atoms with Gasteiger partial charge >= 0.3 is 0 Å². The van der Waals surface area contributed by atoms with E-state index in [1.807, 2.05) is 14.0 Å². The number of rotatable bonds is 0. The van der Waals surface area contributed by atoms with Gasteiger partial charge in [-0.05, 0) is 25.5 Å². The smallest absolute Gasteiger partial charge is 0.204 e. The molecule has 0 atom stereocenters. The molecule has 0 bridgehead atoms. The fourth-order valence-corrected chi connectivity index (χ4v) is 1.47. The van der Waals surface area contributed by atoms with Crippen LogP contribution in [0.15, 0.2) is 18.2 Å². The number of imidazole rings is 1. The van der Waals surface area contributed by atoms with Gasteiger partial charge in [-0.1, -0.05) is 12.1 Å². The van der Waals surface area contributed by atoms with Crippen molar-refractivity contribution < 1.29 is 4.79 Å². The van der Waals surface area contributed by atoms with Crippen molar-refractivity contribution in [3.8, 4) is 0 Å². The Morgan fingerprint density at radius 3 is 2.53 bits per heavy atom. The quantitative estimate of drug-likeness (QED) is 0.659. The maximum Gasteiger partial charge on any atom is 0.204 e. The van der Waals surface area contributed by atoms with E-state index in [-0.39, 0.29) is 6.41 Å². The molecule has 80 valence electrons. The molecule has 1 aromatic carbocycles. The summed E-state index contributed by atoms with van der Waals surface area (Å²) in [6.07, 6.45) is 0.250. The van der Waals surface area contributed by atoms with Gasteiger partial charge in [-0.15, -0.1) is 0 Å². The van der Waals surface area contributed by atoms with Crippen molar-refractivity contribution in [1.29, 1.82) is 0 Å². The van der Waals surface area contributed by atoms with Gasteiger partial charge in [0.2, 0.25) is 6.41 Å². The van der Waals surface area contributed by atoms with Crippen LogP contribution in [0.5, 0.6) is 0 Å². The highest BCUT2D eigenvalue weighted by Crippen LogP contribution is 2.17. The first-order valence-corrected chi connectivity index (χ1v) is 4.65. The Morgan fingerprint density at radius 2 is 2.00 bits per heavy atom. The zero-order chi connectivity index (χ0) is 11.4. The number of hydrogen-bond donors (Lipinski definition) is 1. The van der Waals surface area contributed by atoms with E-state index in [1.54, 1.807) is 0 Å². The van der Waals surface area contributed by atoms with E-state index in [2.05, 4.69) is 40.4 Å². The van der Waals surface area contributed by atoms with Gasteiger partial charge in [-0.3, -0.25) is 4.79 Å². The number of para-hydroxylation sites is 1. The van der Waals surface area contributed by atoms with E-state index in [0.29, 0.717) is 0 Å². The Kier molecular flexibility index (Phi) is 3.44. The van der Waals surface area contributed by atoms with Crippen LogP contribution in [-0.2, 0) is 11.8 Å². The first kappa shape index (κ1) is 11.2. The van der Waals surface area contributed by atoms with Crippen LogP contribution < -0.4 is 5.73 Å². The first-order chi connectivity index (χ1) is 7.11. The summed E-state index contributed by atoms with van der Waals surface area (Å²) >= 11 is 0. The minimum Gasteiger partial charge on any atom is -0.372 e. The second-order valence-electron chi connectivity index (χ2n) is 3.30. The standard InChI is InChI=1S/C10H12N2.CH3NO/c1-7-5-4-6-9-10(7)11-8(2)12(9)3;2-1-3/h4-6H,1-3H3;1H,(H2,2,3). The van der Waals surface area contributed by atoms with Crippen molar-refractivity contribution in [1.82, 2.24) is 9.55 Å². The highest BCUT2D eigenvalue weighted by atomic mass is 16.1. The number of amides is 1. The van der Waals surface area contributed by atoms with Gasteiger partial charge < -0.3 is 10.3 Å². The molecule has 0 saturated carbocycles. The van der Waals surface area contributed by atoms with E-state index < -0.39 is 0 Å². The third-order valence-electron chi connectivity index (χ3n) is 2.34. The monoisotopic (exact) mass is 205 g/mol. The zero-order valence-corrected chi connectivity index (χ0v) is 9.19. The second-order valence-corrected chi connectivity index (χ2v) is 3.30. The number of nitrogens with zero attached hydrogens (tertiary/aromatic N) is 2. The number of nitrogens with two attached hydrogens (primary N) is 1. The molecular weight excluding hydrogens is 190 g/mol. The summed E-state index contributed by atoms with van der Waals surface area (Å²) in [6, 6.07) is 6.26. The molecule has 0 unspecified atom stereocenters. The molecule has 1 amide bonds. The third kappa shape index (κ3) is 2.15. The molecule has 0 radical (unpaired) electrons. The average Bonchev–Trinajstić information content (AvgIpc) is 2.48. The highest BCUT2D eigenvalue weighted by Gasteiger charge is 2.04. The van der Waals surface area contributed by atoms with Crippen LogP contribution in [0.4, 0.5) is 0 Å². The molecule has 0 saturated heterocycles. The summed E-state index contributed by atoms with van der Waals surface area (Å²) in [5.41, 5.74) is 7.75. The van der Waals surface area contributed by atoms with Crippen LogP contribution in [0.1, 0.15) is 11.4 Å². The summed E-state index contributed by atoms with van der Waals surface area (Å²) in [7, 11) is 2.05. The highest BCUT2D eigenvalue weighted by molar-refractivity contribution is 5.79. The lowest BCUT2D eigenvalue weighted by Gasteiger charge is -1.96. The number of carbonyl (C=O) groups excluding carboxylic acids is 1. The van der Waals surface area contributed by atoms with Gasteiger partial charge in [-0.2, -0.15) is 0 Å². The van der Waals surface area contributed by atoms with Crippen molar-refractivity contribution in [2.45, 2.75) is 13.8 Å². The molecule has 1 aromatic heterocycles. The number of primary amides is 1. The molecular formula is C11H15N3O.